The molecule has 2 aromatic heterocycles. The topological polar surface area (TPSA) is 144 Å². The molecular weight excluding hydrogens is 356 g/mol. The second kappa shape index (κ2) is 7.02. The molecular formula is C16H16N6O3S. The molecule has 0 bridgehead atoms. The smallest absolute Gasteiger partial charge is 0.274 e. The van der Waals surface area contributed by atoms with Gasteiger partial charge in [-0.25, -0.2) is 23.5 Å². The molecule has 26 heavy (non-hydrogen) atoms. The molecule has 4 N–H and O–H groups in total. The molecule has 1 aromatic carbocycles. The van der Waals surface area contributed by atoms with E-state index in [1.165, 1.54) is 12.1 Å². The number of rotatable bonds is 5. The van der Waals surface area contributed by atoms with Gasteiger partial charge in [0.1, 0.15) is 16.4 Å². The van der Waals surface area contributed by atoms with Crippen molar-refractivity contribution in [2.24, 2.45) is 5.14 Å². The summed E-state index contributed by atoms with van der Waals surface area (Å²) in [6.07, 6.45) is 1.75. The summed E-state index contributed by atoms with van der Waals surface area (Å²) in [7, 11) is -3.86. The normalized spacial score (nSPS) is 11.3. The second-order valence-electron chi connectivity index (χ2n) is 5.38. The van der Waals surface area contributed by atoms with Crippen LogP contribution < -0.4 is 10.5 Å². The van der Waals surface area contributed by atoms with Gasteiger partial charge in [0, 0.05) is 18.2 Å². The van der Waals surface area contributed by atoms with Gasteiger partial charge in [0.25, 0.3) is 5.91 Å². The maximum atomic E-state index is 12.4. The third-order valence-corrected chi connectivity index (χ3v) is 4.48. The summed E-state index contributed by atoms with van der Waals surface area (Å²) >= 11 is 0. The van der Waals surface area contributed by atoms with E-state index < -0.39 is 15.9 Å². The Morgan fingerprint density at radius 2 is 2.00 bits per heavy atom. The lowest BCUT2D eigenvalue weighted by atomic mass is 10.1. The molecule has 0 unspecified atom stereocenters. The van der Waals surface area contributed by atoms with Crippen molar-refractivity contribution in [3.63, 3.8) is 0 Å². The van der Waals surface area contributed by atoms with Crippen LogP contribution in [-0.2, 0) is 16.4 Å². The summed E-state index contributed by atoms with van der Waals surface area (Å²) in [5.74, 6) is 0.710. The Balaban J connectivity index is 1.86. The first-order valence-corrected chi connectivity index (χ1v) is 9.24. The number of primary sulfonamides is 1. The first-order valence-electron chi connectivity index (χ1n) is 7.69. The SMILES string of the molecule is CCc1nc(-c2ccccc2NC(=O)c2ccc(S(N)(=O)=O)cn2)n[nH]1. The van der Waals surface area contributed by atoms with Crippen LogP contribution in [0.3, 0.4) is 0 Å². The summed E-state index contributed by atoms with van der Waals surface area (Å²) < 4.78 is 22.5. The van der Waals surface area contributed by atoms with E-state index in [2.05, 4.69) is 25.5 Å². The number of para-hydroxylation sites is 1. The molecule has 3 rings (SSSR count). The zero-order chi connectivity index (χ0) is 18.7. The first kappa shape index (κ1) is 17.7. The molecule has 0 saturated carbocycles. The summed E-state index contributed by atoms with van der Waals surface area (Å²) in [6.45, 7) is 1.95. The third kappa shape index (κ3) is 3.76. The van der Waals surface area contributed by atoms with Gasteiger partial charge in [-0.2, -0.15) is 5.10 Å². The maximum Gasteiger partial charge on any atom is 0.274 e. The molecule has 0 atom stereocenters. The van der Waals surface area contributed by atoms with Crippen molar-refractivity contribution in [1.82, 2.24) is 20.2 Å². The second-order valence-corrected chi connectivity index (χ2v) is 6.94. The number of carbonyl (C=O) groups is 1. The molecule has 0 aliphatic heterocycles. The van der Waals surface area contributed by atoms with Crippen LogP contribution in [0.2, 0.25) is 0 Å². The molecule has 0 saturated heterocycles. The van der Waals surface area contributed by atoms with E-state index in [4.69, 9.17) is 5.14 Å². The van der Waals surface area contributed by atoms with Crippen molar-refractivity contribution in [2.45, 2.75) is 18.2 Å². The highest BCUT2D eigenvalue weighted by molar-refractivity contribution is 7.89. The lowest BCUT2D eigenvalue weighted by Gasteiger charge is -2.08. The lowest BCUT2D eigenvalue weighted by molar-refractivity contribution is 0.102. The number of hydrogen-bond acceptors (Lipinski definition) is 6. The van der Waals surface area contributed by atoms with Gasteiger partial charge in [-0.15, -0.1) is 0 Å². The van der Waals surface area contributed by atoms with Crippen LogP contribution in [0.25, 0.3) is 11.4 Å². The number of aryl methyl sites for hydroxylation is 1. The summed E-state index contributed by atoms with van der Waals surface area (Å²) in [4.78, 5) is 20.5. The molecule has 1 amide bonds. The number of carbonyl (C=O) groups excluding carboxylic acids is 1. The Labute approximate surface area is 149 Å². The Morgan fingerprint density at radius 3 is 2.62 bits per heavy atom. The van der Waals surface area contributed by atoms with Crippen LogP contribution >= 0.6 is 0 Å². The van der Waals surface area contributed by atoms with Crippen molar-refractivity contribution in [2.75, 3.05) is 5.32 Å². The number of H-pyrrole nitrogens is 1. The number of anilines is 1. The van der Waals surface area contributed by atoms with Gasteiger partial charge < -0.3 is 5.32 Å². The fraction of sp³-hybridized carbons (Fsp3) is 0.125. The van der Waals surface area contributed by atoms with Gasteiger partial charge in [-0.3, -0.25) is 9.89 Å². The van der Waals surface area contributed by atoms with Crippen LogP contribution in [0.1, 0.15) is 23.2 Å². The molecule has 0 fully saturated rings. The van der Waals surface area contributed by atoms with Gasteiger partial charge in [0.05, 0.1) is 5.69 Å². The predicted octanol–water partition coefficient (Wildman–Crippen LogP) is 1.33. The highest BCUT2D eigenvalue weighted by Gasteiger charge is 2.15. The number of sulfonamides is 1. The number of aromatic amines is 1. The highest BCUT2D eigenvalue weighted by atomic mass is 32.2. The Hall–Kier alpha value is -3.11. The number of nitrogens with zero attached hydrogens (tertiary/aromatic N) is 3. The zero-order valence-electron chi connectivity index (χ0n) is 13.8. The molecule has 3 aromatic rings. The minimum absolute atomic E-state index is 0.0523. The highest BCUT2D eigenvalue weighted by Crippen LogP contribution is 2.25. The fourth-order valence-electron chi connectivity index (χ4n) is 2.23. The monoisotopic (exact) mass is 372 g/mol. The number of pyridine rings is 1. The molecule has 0 spiro atoms. The average Bonchev–Trinajstić information content (AvgIpc) is 3.10. The zero-order valence-corrected chi connectivity index (χ0v) is 14.6. The molecule has 0 aliphatic carbocycles. The number of benzene rings is 1. The van der Waals surface area contributed by atoms with Crippen molar-refractivity contribution >= 4 is 21.6 Å². The van der Waals surface area contributed by atoms with E-state index in [1.54, 1.807) is 18.2 Å². The van der Waals surface area contributed by atoms with Crippen LogP contribution in [0.5, 0.6) is 0 Å². The standard InChI is InChI=1S/C16H16N6O3S/c1-2-14-20-15(22-21-14)11-5-3-4-6-12(11)19-16(23)13-8-7-10(9-18-13)26(17,24)25/h3-9H,2H2,1H3,(H,19,23)(H2,17,24,25)(H,20,21,22). The third-order valence-electron chi connectivity index (χ3n) is 3.58. The lowest BCUT2D eigenvalue weighted by Crippen LogP contribution is -2.16. The van der Waals surface area contributed by atoms with E-state index in [1.807, 2.05) is 13.0 Å². The van der Waals surface area contributed by atoms with E-state index in [0.717, 1.165) is 12.0 Å². The van der Waals surface area contributed by atoms with Crippen LogP contribution in [0.4, 0.5) is 5.69 Å². The average molecular weight is 372 g/mol. The maximum absolute atomic E-state index is 12.4. The largest absolute Gasteiger partial charge is 0.320 e. The Kier molecular flexibility index (Phi) is 4.78. The Bertz CT molecular complexity index is 1040. The van der Waals surface area contributed by atoms with Crippen LogP contribution in [0.15, 0.2) is 47.5 Å². The van der Waals surface area contributed by atoms with Crippen LogP contribution in [0, 0.1) is 0 Å². The minimum Gasteiger partial charge on any atom is -0.320 e. The Morgan fingerprint density at radius 1 is 1.23 bits per heavy atom. The van der Waals surface area contributed by atoms with Gasteiger partial charge in [-0.05, 0) is 24.3 Å². The summed E-state index contributed by atoms with van der Waals surface area (Å²) in [6, 6.07) is 9.60. The predicted molar refractivity (Wildman–Crippen MR) is 94.8 cm³/mol. The van der Waals surface area contributed by atoms with Crippen molar-refractivity contribution < 1.29 is 13.2 Å². The molecule has 134 valence electrons. The summed E-state index contributed by atoms with van der Waals surface area (Å²) in [5.41, 5.74) is 1.21. The minimum atomic E-state index is -3.86. The molecule has 10 heteroatoms. The number of nitrogens with two attached hydrogens (primary N) is 1. The number of aromatic nitrogens is 4. The first-order chi connectivity index (χ1) is 12.4. The van der Waals surface area contributed by atoms with Crippen molar-refractivity contribution in [1.29, 1.82) is 0 Å². The number of nitrogens with one attached hydrogen (secondary N) is 2. The van der Waals surface area contributed by atoms with Gasteiger partial charge in [0.2, 0.25) is 10.0 Å². The molecule has 0 aliphatic rings. The quantitative estimate of drug-likeness (QED) is 0.616. The fourth-order valence-corrected chi connectivity index (χ4v) is 2.69. The van der Waals surface area contributed by atoms with E-state index in [9.17, 15) is 13.2 Å². The number of hydrogen-bond donors (Lipinski definition) is 3. The molecule has 0 radical (unpaired) electrons. The van der Waals surface area contributed by atoms with E-state index in [-0.39, 0.29) is 10.6 Å². The summed E-state index contributed by atoms with van der Waals surface area (Å²) in [5, 5.41) is 14.7. The van der Waals surface area contributed by atoms with Crippen molar-refractivity contribution in [3.05, 3.63) is 54.1 Å². The van der Waals surface area contributed by atoms with Gasteiger partial charge >= 0.3 is 0 Å². The molecule has 2 heterocycles. The van der Waals surface area contributed by atoms with Crippen LogP contribution in [-0.4, -0.2) is 34.5 Å². The number of amides is 1. The van der Waals surface area contributed by atoms with Gasteiger partial charge in [0.15, 0.2) is 5.82 Å². The van der Waals surface area contributed by atoms with E-state index >= 15 is 0 Å². The molecule has 9 nitrogen and oxygen atoms in total. The van der Waals surface area contributed by atoms with Gasteiger partial charge in [-0.1, -0.05) is 19.1 Å². The van der Waals surface area contributed by atoms with E-state index in [0.29, 0.717) is 23.5 Å². The van der Waals surface area contributed by atoms with Crippen molar-refractivity contribution in [3.8, 4) is 11.4 Å².